The minimum absolute atomic E-state index is 0.0481. The van der Waals surface area contributed by atoms with E-state index in [1.54, 1.807) is 4.90 Å². The van der Waals surface area contributed by atoms with Gasteiger partial charge in [-0.05, 0) is 19.4 Å². The van der Waals surface area contributed by atoms with Gasteiger partial charge in [0, 0.05) is 0 Å². The standard InChI is InChI=1S/C15H19NO4/c1-11-4-3-5-12(6-11)7-13(17)16-9-15(2,10-16)20-8-14(18)19/h3-6H,7-10H2,1-2H3,(H,18,19). The number of carboxylic acids is 1. The highest BCUT2D eigenvalue weighted by molar-refractivity contribution is 5.80. The molecule has 0 aliphatic carbocycles. The molecule has 20 heavy (non-hydrogen) atoms. The third kappa shape index (κ3) is 3.57. The first kappa shape index (κ1) is 14.5. The van der Waals surface area contributed by atoms with Gasteiger partial charge in [-0.3, -0.25) is 4.79 Å². The molecule has 0 bridgehead atoms. The third-order valence-corrected chi connectivity index (χ3v) is 3.39. The Morgan fingerprint density at radius 1 is 1.40 bits per heavy atom. The molecule has 0 spiro atoms. The number of aryl methyl sites for hydroxylation is 1. The minimum atomic E-state index is -0.990. The fourth-order valence-corrected chi connectivity index (χ4v) is 2.37. The van der Waals surface area contributed by atoms with Crippen LogP contribution in [-0.2, 0) is 20.7 Å². The number of carboxylic acid groups (broad SMARTS) is 1. The van der Waals surface area contributed by atoms with Crippen LogP contribution in [0.15, 0.2) is 24.3 Å². The molecule has 1 fully saturated rings. The summed E-state index contributed by atoms with van der Waals surface area (Å²) in [4.78, 5) is 24.3. The van der Waals surface area contributed by atoms with Crippen molar-refractivity contribution in [1.82, 2.24) is 4.90 Å². The molecule has 0 aromatic heterocycles. The first-order valence-corrected chi connectivity index (χ1v) is 6.57. The summed E-state index contributed by atoms with van der Waals surface area (Å²) < 4.78 is 5.28. The normalized spacial score (nSPS) is 16.6. The number of hydrogen-bond donors (Lipinski definition) is 1. The third-order valence-electron chi connectivity index (χ3n) is 3.39. The van der Waals surface area contributed by atoms with Gasteiger partial charge in [0.25, 0.3) is 0 Å². The average molecular weight is 277 g/mol. The molecule has 1 aliphatic heterocycles. The van der Waals surface area contributed by atoms with Gasteiger partial charge in [-0.2, -0.15) is 0 Å². The van der Waals surface area contributed by atoms with Crippen molar-refractivity contribution in [3.63, 3.8) is 0 Å². The van der Waals surface area contributed by atoms with Crippen LogP contribution in [-0.4, -0.2) is 47.2 Å². The number of likely N-dealkylation sites (tertiary alicyclic amines) is 1. The molecule has 1 amide bonds. The van der Waals surface area contributed by atoms with E-state index in [0.717, 1.165) is 11.1 Å². The summed E-state index contributed by atoms with van der Waals surface area (Å²) in [7, 11) is 0. The van der Waals surface area contributed by atoms with Crippen LogP contribution < -0.4 is 0 Å². The summed E-state index contributed by atoms with van der Waals surface area (Å²) in [6, 6.07) is 7.87. The van der Waals surface area contributed by atoms with Gasteiger partial charge < -0.3 is 14.7 Å². The smallest absolute Gasteiger partial charge is 0.329 e. The van der Waals surface area contributed by atoms with Crippen LogP contribution >= 0.6 is 0 Å². The molecule has 0 unspecified atom stereocenters. The van der Waals surface area contributed by atoms with Crippen molar-refractivity contribution < 1.29 is 19.4 Å². The van der Waals surface area contributed by atoms with Crippen molar-refractivity contribution in [3.8, 4) is 0 Å². The summed E-state index contributed by atoms with van der Waals surface area (Å²) in [6.45, 7) is 4.40. The SMILES string of the molecule is Cc1cccc(CC(=O)N2CC(C)(OCC(=O)O)C2)c1. The second-order valence-electron chi connectivity index (χ2n) is 5.55. The number of hydrogen-bond acceptors (Lipinski definition) is 3. The van der Waals surface area contributed by atoms with Crippen LogP contribution in [0.3, 0.4) is 0 Å². The van der Waals surface area contributed by atoms with E-state index in [1.165, 1.54) is 0 Å². The number of ether oxygens (including phenoxy) is 1. The highest BCUT2D eigenvalue weighted by atomic mass is 16.5. The van der Waals surface area contributed by atoms with Crippen molar-refractivity contribution in [1.29, 1.82) is 0 Å². The van der Waals surface area contributed by atoms with Gasteiger partial charge >= 0.3 is 5.97 Å². The van der Waals surface area contributed by atoms with E-state index in [1.807, 2.05) is 38.1 Å². The molecule has 1 aromatic rings. The van der Waals surface area contributed by atoms with Crippen molar-refractivity contribution in [2.45, 2.75) is 25.9 Å². The first-order chi connectivity index (χ1) is 9.38. The summed E-state index contributed by atoms with van der Waals surface area (Å²) in [6.07, 6.45) is 0.372. The zero-order valence-corrected chi connectivity index (χ0v) is 11.8. The van der Waals surface area contributed by atoms with E-state index < -0.39 is 11.6 Å². The number of rotatable bonds is 5. The second kappa shape index (κ2) is 5.63. The molecule has 1 saturated heterocycles. The number of amides is 1. The number of benzene rings is 1. The quantitative estimate of drug-likeness (QED) is 0.879. The van der Waals surface area contributed by atoms with Gasteiger partial charge in [-0.1, -0.05) is 29.8 Å². The summed E-state index contributed by atoms with van der Waals surface area (Å²) in [5, 5.41) is 8.59. The molecule has 1 heterocycles. The monoisotopic (exact) mass is 277 g/mol. The van der Waals surface area contributed by atoms with E-state index in [-0.39, 0.29) is 12.5 Å². The van der Waals surface area contributed by atoms with Crippen LogP contribution in [0.2, 0.25) is 0 Å². The Kier molecular flexibility index (Phi) is 4.09. The Balaban J connectivity index is 1.83. The Bertz CT molecular complexity index is 520. The average Bonchev–Trinajstić information content (AvgIpc) is 2.33. The Hall–Kier alpha value is -1.88. The maximum Gasteiger partial charge on any atom is 0.329 e. The van der Waals surface area contributed by atoms with Gasteiger partial charge in [0.05, 0.1) is 19.5 Å². The minimum Gasteiger partial charge on any atom is -0.480 e. The van der Waals surface area contributed by atoms with E-state index >= 15 is 0 Å². The largest absolute Gasteiger partial charge is 0.480 e. The number of carbonyl (C=O) groups is 2. The number of nitrogens with zero attached hydrogens (tertiary/aromatic N) is 1. The predicted octanol–water partition coefficient (Wildman–Crippen LogP) is 1.24. The topological polar surface area (TPSA) is 66.8 Å². The Morgan fingerprint density at radius 2 is 2.10 bits per heavy atom. The summed E-state index contributed by atoms with van der Waals surface area (Å²) in [5.74, 6) is -0.942. The molecule has 5 nitrogen and oxygen atoms in total. The lowest BCUT2D eigenvalue weighted by molar-refractivity contribution is -0.172. The Labute approximate surface area is 118 Å². The summed E-state index contributed by atoms with van der Waals surface area (Å²) >= 11 is 0. The highest BCUT2D eigenvalue weighted by Crippen LogP contribution is 2.25. The molecule has 0 radical (unpaired) electrons. The molecular weight excluding hydrogens is 258 g/mol. The van der Waals surface area contributed by atoms with Gasteiger partial charge in [0.2, 0.25) is 5.91 Å². The van der Waals surface area contributed by atoms with Gasteiger partial charge in [0.1, 0.15) is 12.2 Å². The molecular formula is C15H19NO4. The molecule has 1 aromatic carbocycles. The van der Waals surface area contributed by atoms with Crippen LogP contribution in [0, 0.1) is 6.92 Å². The van der Waals surface area contributed by atoms with Crippen LogP contribution in [0.1, 0.15) is 18.1 Å². The fourth-order valence-electron chi connectivity index (χ4n) is 2.37. The molecule has 108 valence electrons. The Morgan fingerprint density at radius 3 is 2.70 bits per heavy atom. The van der Waals surface area contributed by atoms with E-state index in [0.29, 0.717) is 19.5 Å². The zero-order valence-electron chi connectivity index (χ0n) is 11.8. The lowest BCUT2D eigenvalue weighted by Gasteiger charge is -2.47. The number of carbonyl (C=O) groups excluding carboxylic acids is 1. The van der Waals surface area contributed by atoms with Crippen molar-refractivity contribution >= 4 is 11.9 Å². The number of aliphatic carboxylic acids is 1. The molecule has 1 N–H and O–H groups in total. The second-order valence-corrected chi connectivity index (χ2v) is 5.55. The van der Waals surface area contributed by atoms with Gasteiger partial charge in [-0.25, -0.2) is 4.79 Å². The summed E-state index contributed by atoms with van der Waals surface area (Å²) in [5.41, 5.74) is 1.60. The van der Waals surface area contributed by atoms with Gasteiger partial charge in [0.15, 0.2) is 0 Å². The lowest BCUT2D eigenvalue weighted by Crippen LogP contribution is -2.63. The molecule has 5 heteroatoms. The van der Waals surface area contributed by atoms with E-state index in [2.05, 4.69) is 0 Å². The molecule has 0 atom stereocenters. The van der Waals surface area contributed by atoms with E-state index in [4.69, 9.17) is 9.84 Å². The maximum absolute atomic E-state index is 12.1. The lowest BCUT2D eigenvalue weighted by atomic mass is 9.95. The van der Waals surface area contributed by atoms with Crippen LogP contribution in [0.4, 0.5) is 0 Å². The van der Waals surface area contributed by atoms with Crippen molar-refractivity contribution in [3.05, 3.63) is 35.4 Å². The van der Waals surface area contributed by atoms with Crippen molar-refractivity contribution in [2.75, 3.05) is 19.7 Å². The maximum atomic E-state index is 12.1. The molecule has 2 rings (SSSR count). The first-order valence-electron chi connectivity index (χ1n) is 6.57. The molecule has 0 saturated carbocycles. The van der Waals surface area contributed by atoms with Gasteiger partial charge in [-0.15, -0.1) is 0 Å². The highest BCUT2D eigenvalue weighted by Gasteiger charge is 2.42. The molecule has 1 aliphatic rings. The predicted molar refractivity (Wildman–Crippen MR) is 73.5 cm³/mol. The van der Waals surface area contributed by atoms with Crippen molar-refractivity contribution in [2.24, 2.45) is 0 Å². The zero-order chi connectivity index (χ0) is 14.8. The van der Waals surface area contributed by atoms with Crippen LogP contribution in [0.5, 0.6) is 0 Å². The van der Waals surface area contributed by atoms with E-state index in [9.17, 15) is 9.59 Å². The fraction of sp³-hybridized carbons (Fsp3) is 0.467. The van der Waals surface area contributed by atoms with Crippen LogP contribution in [0.25, 0.3) is 0 Å².